The molecule has 3 aromatic carbocycles. The molecule has 9 nitrogen and oxygen atoms in total. The van der Waals surface area contributed by atoms with Crippen LogP contribution < -0.4 is 10.4 Å². The number of imidazole rings is 2. The lowest BCUT2D eigenvalue weighted by atomic mass is 10.1. The SMILES string of the molecule is CNS(=O)(=O)c1ccc2c(c1)nc(-c1c[nH]c3cc(C)ccc13)n2-c1ccc2c(c1)n(C)c(=O)n2C. The van der Waals surface area contributed by atoms with Crippen molar-refractivity contribution in [3.05, 3.63) is 76.8 Å². The van der Waals surface area contributed by atoms with Crippen LogP contribution in [0.5, 0.6) is 0 Å². The number of aromatic amines is 1. The average Bonchev–Trinajstić information content (AvgIpc) is 3.52. The lowest BCUT2D eigenvalue weighted by molar-refractivity contribution is 0.588. The summed E-state index contributed by atoms with van der Waals surface area (Å²) in [6.07, 6.45) is 1.92. The molecule has 0 aliphatic rings. The number of hydrogen-bond donors (Lipinski definition) is 2. The minimum absolute atomic E-state index is 0.105. The van der Waals surface area contributed by atoms with Crippen LogP contribution in [0.15, 0.2) is 70.5 Å². The van der Waals surface area contributed by atoms with Crippen LogP contribution in [0.2, 0.25) is 0 Å². The summed E-state index contributed by atoms with van der Waals surface area (Å²) in [4.78, 5) is 20.9. The summed E-state index contributed by atoms with van der Waals surface area (Å²) in [5.41, 5.74) is 6.63. The second-order valence-corrected chi connectivity index (χ2v) is 10.8. The van der Waals surface area contributed by atoms with Crippen molar-refractivity contribution in [1.82, 2.24) is 28.4 Å². The highest BCUT2D eigenvalue weighted by molar-refractivity contribution is 7.89. The van der Waals surface area contributed by atoms with Gasteiger partial charge in [0.25, 0.3) is 0 Å². The van der Waals surface area contributed by atoms with Gasteiger partial charge in [-0.25, -0.2) is 22.9 Å². The molecular weight excluding hydrogens is 476 g/mol. The fraction of sp³-hybridized carbons (Fsp3) is 0.154. The van der Waals surface area contributed by atoms with E-state index in [9.17, 15) is 13.2 Å². The molecule has 0 saturated carbocycles. The molecule has 0 amide bonds. The van der Waals surface area contributed by atoms with Crippen molar-refractivity contribution in [3.8, 4) is 17.1 Å². The zero-order valence-electron chi connectivity index (χ0n) is 20.2. The molecule has 0 spiro atoms. The number of nitrogens with zero attached hydrogens (tertiary/aromatic N) is 4. The van der Waals surface area contributed by atoms with Gasteiger partial charge in [0.05, 0.1) is 27.0 Å². The first-order chi connectivity index (χ1) is 17.2. The maximum atomic E-state index is 12.5. The molecule has 6 aromatic rings. The third-order valence-corrected chi connectivity index (χ3v) is 8.21. The molecule has 182 valence electrons. The molecular formula is C26H24N6O3S. The quantitative estimate of drug-likeness (QED) is 0.386. The first-order valence-corrected chi connectivity index (χ1v) is 12.9. The number of benzene rings is 3. The van der Waals surface area contributed by atoms with Crippen LogP contribution in [0.3, 0.4) is 0 Å². The summed E-state index contributed by atoms with van der Waals surface area (Å²) in [6.45, 7) is 2.04. The number of nitrogens with one attached hydrogen (secondary N) is 2. The van der Waals surface area contributed by atoms with Gasteiger partial charge in [-0.3, -0.25) is 13.7 Å². The fourth-order valence-corrected chi connectivity index (χ4v) is 5.60. The Kier molecular flexibility index (Phi) is 4.76. The predicted octanol–water partition coefficient (Wildman–Crippen LogP) is 3.58. The first-order valence-electron chi connectivity index (χ1n) is 11.4. The number of rotatable bonds is 4. The molecule has 6 rings (SSSR count). The monoisotopic (exact) mass is 500 g/mol. The van der Waals surface area contributed by atoms with Gasteiger partial charge < -0.3 is 4.98 Å². The molecule has 3 aromatic heterocycles. The van der Waals surface area contributed by atoms with Gasteiger partial charge in [0.15, 0.2) is 0 Å². The highest BCUT2D eigenvalue weighted by atomic mass is 32.2. The van der Waals surface area contributed by atoms with E-state index in [0.29, 0.717) is 11.3 Å². The largest absolute Gasteiger partial charge is 0.360 e. The molecule has 0 atom stereocenters. The molecule has 0 aliphatic carbocycles. The van der Waals surface area contributed by atoms with Gasteiger partial charge in [-0.2, -0.15) is 0 Å². The van der Waals surface area contributed by atoms with Crippen molar-refractivity contribution in [3.63, 3.8) is 0 Å². The number of aryl methyl sites for hydroxylation is 3. The maximum absolute atomic E-state index is 12.5. The van der Waals surface area contributed by atoms with Crippen molar-refractivity contribution in [2.24, 2.45) is 14.1 Å². The van der Waals surface area contributed by atoms with Crippen LogP contribution in [-0.4, -0.2) is 39.1 Å². The predicted molar refractivity (Wildman–Crippen MR) is 141 cm³/mol. The van der Waals surface area contributed by atoms with Gasteiger partial charge in [-0.05, 0) is 62.0 Å². The van der Waals surface area contributed by atoms with Gasteiger partial charge in [-0.1, -0.05) is 12.1 Å². The van der Waals surface area contributed by atoms with Crippen LogP contribution in [0, 0.1) is 6.92 Å². The van der Waals surface area contributed by atoms with Crippen LogP contribution in [0.4, 0.5) is 0 Å². The second kappa shape index (κ2) is 7.67. The number of sulfonamides is 1. The molecule has 0 radical (unpaired) electrons. The van der Waals surface area contributed by atoms with Crippen molar-refractivity contribution in [2.45, 2.75) is 11.8 Å². The Balaban J connectivity index is 1.69. The summed E-state index contributed by atoms with van der Waals surface area (Å²) in [7, 11) is 1.25. The van der Waals surface area contributed by atoms with Crippen molar-refractivity contribution in [2.75, 3.05) is 7.05 Å². The third-order valence-electron chi connectivity index (χ3n) is 6.80. The minimum Gasteiger partial charge on any atom is -0.360 e. The van der Waals surface area contributed by atoms with E-state index in [-0.39, 0.29) is 10.6 Å². The van der Waals surface area contributed by atoms with E-state index in [4.69, 9.17) is 4.98 Å². The number of aromatic nitrogens is 5. The Hall–Kier alpha value is -4.15. The van der Waals surface area contributed by atoms with E-state index in [1.165, 1.54) is 7.05 Å². The third kappa shape index (κ3) is 3.15. The van der Waals surface area contributed by atoms with Gasteiger partial charge in [0, 0.05) is 42.4 Å². The Morgan fingerprint density at radius 1 is 0.917 bits per heavy atom. The van der Waals surface area contributed by atoms with Gasteiger partial charge in [-0.15, -0.1) is 0 Å². The highest BCUT2D eigenvalue weighted by Gasteiger charge is 2.21. The van der Waals surface area contributed by atoms with Crippen LogP contribution >= 0.6 is 0 Å². The summed E-state index contributed by atoms with van der Waals surface area (Å²) in [5, 5.41) is 1.01. The molecule has 0 saturated heterocycles. The van der Waals surface area contributed by atoms with Gasteiger partial charge in [0.1, 0.15) is 5.82 Å². The minimum atomic E-state index is -3.63. The summed E-state index contributed by atoms with van der Waals surface area (Å²) < 4.78 is 32.5. The van der Waals surface area contributed by atoms with E-state index in [1.807, 2.05) is 35.9 Å². The average molecular weight is 501 g/mol. The second-order valence-electron chi connectivity index (χ2n) is 8.95. The number of H-pyrrole nitrogens is 1. The van der Waals surface area contributed by atoms with E-state index < -0.39 is 10.0 Å². The van der Waals surface area contributed by atoms with Crippen molar-refractivity contribution < 1.29 is 8.42 Å². The Morgan fingerprint density at radius 3 is 2.44 bits per heavy atom. The van der Waals surface area contributed by atoms with E-state index in [1.54, 1.807) is 41.4 Å². The lowest BCUT2D eigenvalue weighted by Crippen LogP contribution is -2.19. The Labute approximate surface area is 206 Å². The number of fused-ring (bicyclic) bond motifs is 3. The van der Waals surface area contributed by atoms with E-state index in [2.05, 4.69) is 27.9 Å². The number of hydrogen-bond acceptors (Lipinski definition) is 4. The zero-order valence-corrected chi connectivity index (χ0v) is 21.0. The van der Waals surface area contributed by atoms with Crippen LogP contribution in [0.1, 0.15) is 5.56 Å². The Bertz CT molecular complexity index is 2010. The molecule has 36 heavy (non-hydrogen) atoms. The lowest BCUT2D eigenvalue weighted by Gasteiger charge is -2.10. The molecule has 0 bridgehead atoms. The molecule has 0 fully saturated rings. The molecule has 2 N–H and O–H groups in total. The summed E-state index contributed by atoms with van der Waals surface area (Å²) in [6, 6.07) is 16.9. The maximum Gasteiger partial charge on any atom is 0.328 e. The normalized spacial score (nSPS) is 12.3. The molecule has 10 heteroatoms. The molecule has 0 aliphatic heterocycles. The van der Waals surface area contributed by atoms with E-state index >= 15 is 0 Å². The van der Waals surface area contributed by atoms with E-state index in [0.717, 1.165) is 44.3 Å². The standard InChI is InChI=1S/C26H24N6O3S/c1-15-5-8-18-19(14-28-20(18)11-15)25-29-21-13-17(36(34,35)27-2)7-10-22(21)32(25)16-6-9-23-24(12-16)31(4)26(33)30(23)3/h5-14,27-28H,1-4H3. The molecule has 3 heterocycles. The van der Waals surface area contributed by atoms with Crippen LogP contribution in [-0.2, 0) is 24.1 Å². The fourth-order valence-electron chi connectivity index (χ4n) is 4.85. The highest BCUT2D eigenvalue weighted by Crippen LogP contribution is 2.35. The first kappa shape index (κ1) is 22.3. The smallest absolute Gasteiger partial charge is 0.328 e. The topological polar surface area (TPSA) is 107 Å². The van der Waals surface area contributed by atoms with Gasteiger partial charge in [0.2, 0.25) is 10.0 Å². The van der Waals surface area contributed by atoms with Crippen molar-refractivity contribution in [1.29, 1.82) is 0 Å². The van der Waals surface area contributed by atoms with Gasteiger partial charge >= 0.3 is 5.69 Å². The van der Waals surface area contributed by atoms with Crippen LogP contribution in [0.25, 0.3) is 50.0 Å². The molecule has 0 unspecified atom stereocenters. The summed E-state index contributed by atoms with van der Waals surface area (Å²) in [5.74, 6) is 0.666. The zero-order chi connectivity index (χ0) is 25.4. The Morgan fingerprint density at radius 2 is 1.67 bits per heavy atom. The van der Waals surface area contributed by atoms with Crippen molar-refractivity contribution >= 4 is 43.0 Å². The summed E-state index contributed by atoms with van der Waals surface area (Å²) >= 11 is 0.